The van der Waals surface area contributed by atoms with Gasteiger partial charge in [0.25, 0.3) is 5.56 Å². The van der Waals surface area contributed by atoms with Crippen molar-refractivity contribution in [3.63, 3.8) is 0 Å². The average molecular weight is 508 g/mol. The van der Waals surface area contributed by atoms with Crippen molar-refractivity contribution >= 4 is 34.7 Å². The maximum Gasteiger partial charge on any atom is 0.356 e. The van der Waals surface area contributed by atoms with E-state index in [1.54, 1.807) is 18.3 Å². The summed E-state index contributed by atoms with van der Waals surface area (Å²) < 4.78 is 15.3. The van der Waals surface area contributed by atoms with Crippen LogP contribution in [0, 0.1) is 12.7 Å². The Hall–Kier alpha value is -3.98. The first-order valence-corrected chi connectivity index (χ1v) is 11.8. The number of aryl methyl sites for hydroxylation is 1. The van der Waals surface area contributed by atoms with Crippen molar-refractivity contribution in [2.75, 3.05) is 10.2 Å². The number of anilines is 2. The lowest BCUT2D eigenvalue weighted by Crippen LogP contribution is -2.25. The molecule has 0 saturated carbocycles. The van der Waals surface area contributed by atoms with E-state index < -0.39 is 12.0 Å². The molecule has 3 aromatic heterocycles. The van der Waals surface area contributed by atoms with Crippen LogP contribution in [0.4, 0.5) is 15.9 Å². The first kappa shape index (κ1) is 23.7. The lowest BCUT2D eigenvalue weighted by atomic mass is 10.1. The van der Waals surface area contributed by atoms with Gasteiger partial charge in [0, 0.05) is 24.4 Å². The highest BCUT2D eigenvalue weighted by Crippen LogP contribution is 2.37. The Bertz CT molecular complexity index is 1590. The highest BCUT2D eigenvalue weighted by atomic mass is 35.5. The molecule has 0 amide bonds. The Morgan fingerprint density at radius 1 is 1.22 bits per heavy atom. The summed E-state index contributed by atoms with van der Waals surface area (Å²) in [5.41, 5.74) is 3.69. The summed E-state index contributed by atoms with van der Waals surface area (Å²) in [5.74, 6) is -1.03. The number of pyridine rings is 2. The minimum absolute atomic E-state index is 0.0741. The number of fused-ring (bicyclic) bond motifs is 2. The summed E-state index contributed by atoms with van der Waals surface area (Å²) >= 11 is 5.89. The molecule has 5 rings (SSSR count). The number of rotatable bonds is 5. The minimum atomic E-state index is -1.21. The first-order valence-electron chi connectivity index (χ1n) is 11.4. The van der Waals surface area contributed by atoms with E-state index >= 15 is 0 Å². The molecule has 1 aromatic carbocycles. The predicted molar refractivity (Wildman–Crippen MR) is 135 cm³/mol. The zero-order valence-corrected chi connectivity index (χ0v) is 20.5. The van der Waals surface area contributed by atoms with Crippen LogP contribution in [-0.4, -0.2) is 25.4 Å². The molecule has 1 aliphatic rings. The normalized spacial score (nSPS) is 15.7. The zero-order chi connectivity index (χ0) is 25.7. The van der Waals surface area contributed by atoms with E-state index in [0.29, 0.717) is 29.3 Å². The van der Waals surface area contributed by atoms with Gasteiger partial charge in [-0.15, -0.1) is 0 Å². The number of carboxylic acid groups (broad SMARTS) is 1. The van der Waals surface area contributed by atoms with E-state index in [1.807, 2.05) is 31.7 Å². The summed E-state index contributed by atoms with van der Waals surface area (Å²) in [5, 5.41) is 12.8. The van der Waals surface area contributed by atoms with Crippen LogP contribution in [0.2, 0.25) is 5.15 Å². The molecule has 2 N–H and O–H groups in total. The Morgan fingerprint density at radius 2 is 2.00 bits per heavy atom. The number of aromatic nitrogens is 3. The highest BCUT2D eigenvalue weighted by molar-refractivity contribution is 6.29. The number of nitrogens with zero attached hydrogens (tertiary/aromatic N) is 4. The number of aromatic carboxylic acids is 1. The van der Waals surface area contributed by atoms with Gasteiger partial charge in [0.1, 0.15) is 22.4 Å². The summed E-state index contributed by atoms with van der Waals surface area (Å²) in [6, 6.07) is 10.7. The van der Waals surface area contributed by atoms with Gasteiger partial charge in [-0.2, -0.15) is 0 Å². The van der Waals surface area contributed by atoms with Crippen LogP contribution in [0.25, 0.3) is 5.65 Å². The van der Waals surface area contributed by atoms with Crippen LogP contribution in [0.5, 0.6) is 0 Å². The summed E-state index contributed by atoms with van der Waals surface area (Å²) in [7, 11) is 0. The fourth-order valence-corrected chi connectivity index (χ4v) is 4.88. The highest BCUT2D eigenvalue weighted by Gasteiger charge is 2.29. The third-order valence-corrected chi connectivity index (χ3v) is 6.68. The van der Waals surface area contributed by atoms with Gasteiger partial charge >= 0.3 is 5.97 Å². The second-order valence-electron chi connectivity index (χ2n) is 8.97. The lowest BCUT2D eigenvalue weighted by Gasteiger charge is -2.24. The van der Waals surface area contributed by atoms with Crippen molar-refractivity contribution in [2.45, 2.75) is 39.4 Å². The quantitative estimate of drug-likeness (QED) is 0.361. The molecule has 36 heavy (non-hydrogen) atoms. The molecule has 0 aliphatic carbocycles. The smallest absolute Gasteiger partial charge is 0.356 e. The number of benzene rings is 1. The van der Waals surface area contributed by atoms with Crippen LogP contribution in [0.1, 0.15) is 58.7 Å². The van der Waals surface area contributed by atoms with Crippen LogP contribution < -0.4 is 15.8 Å². The van der Waals surface area contributed by atoms with E-state index in [4.69, 9.17) is 16.6 Å². The number of carbonyl (C=O) groups is 1. The largest absolute Gasteiger partial charge is 0.476 e. The standard InChI is InChI=1S/C26H23ClFN5O3/c1-13-8-19(14(2)29-20-6-7-21(27)30-24(20)26(35)36)25-31-22(10-23(34)33(25)11-13)32-12-16-9-17(28)4-5-18(16)15(32)3/h4-11,14-15,29H,12H2,1-3H3,(H,35,36)/t14-,15-/m1/s1. The molecular weight excluding hydrogens is 485 g/mol. The molecule has 2 atom stereocenters. The Kier molecular flexibility index (Phi) is 5.88. The van der Waals surface area contributed by atoms with Gasteiger partial charge in [0.05, 0.1) is 17.8 Å². The lowest BCUT2D eigenvalue weighted by molar-refractivity contribution is 0.0691. The molecule has 0 spiro atoms. The molecule has 4 heterocycles. The molecule has 0 unspecified atom stereocenters. The van der Waals surface area contributed by atoms with E-state index in [1.165, 1.54) is 28.7 Å². The van der Waals surface area contributed by atoms with Crippen molar-refractivity contribution in [3.05, 3.63) is 97.9 Å². The number of carboxylic acids is 1. The first-order chi connectivity index (χ1) is 17.1. The summed E-state index contributed by atoms with van der Waals surface area (Å²) in [6.45, 7) is 6.15. The minimum Gasteiger partial charge on any atom is -0.476 e. The Morgan fingerprint density at radius 3 is 2.75 bits per heavy atom. The van der Waals surface area contributed by atoms with Gasteiger partial charge in [-0.3, -0.25) is 9.20 Å². The Labute approximate surface area is 211 Å². The van der Waals surface area contributed by atoms with Crippen LogP contribution in [0.3, 0.4) is 0 Å². The fourth-order valence-electron chi connectivity index (χ4n) is 4.74. The molecule has 1 aliphatic heterocycles. The van der Waals surface area contributed by atoms with Gasteiger partial charge in [-0.25, -0.2) is 19.2 Å². The van der Waals surface area contributed by atoms with Crippen LogP contribution >= 0.6 is 11.6 Å². The third-order valence-electron chi connectivity index (χ3n) is 6.47. The summed E-state index contributed by atoms with van der Waals surface area (Å²) in [6.07, 6.45) is 1.72. The monoisotopic (exact) mass is 507 g/mol. The van der Waals surface area contributed by atoms with Crippen molar-refractivity contribution in [1.29, 1.82) is 0 Å². The molecule has 4 aromatic rings. The maximum atomic E-state index is 13.8. The van der Waals surface area contributed by atoms with Crippen molar-refractivity contribution in [3.8, 4) is 0 Å². The third kappa shape index (κ3) is 4.15. The van der Waals surface area contributed by atoms with E-state index in [9.17, 15) is 19.1 Å². The van der Waals surface area contributed by atoms with Gasteiger partial charge in [-0.05, 0) is 67.8 Å². The van der Waals surface area contributed by atoms with Gasteiger partial charge in [0.2, 0.25) is 0 Å². The van der Waals surface area contributed by atoms with Crippen molar-refractivity contribution < 1.29 is 14.3 Å². The number of hydrogen-bond donors (Lipinski definition) is 2. The fraction of sp³-hybridized carbons (Fsp3) is 0.231. The molecule has 0 bridgehead atoms. The van der Waals surface area contributed by atoms with E-state index in [2.05, 4.69) is 10.3 Å². The van der Waals surface area contributed by atoms with E-state index in [0.717, 1.165) is 16.7 Å². The zero-order valence-electron chi connectivity index (χ0n) is 19.8. The molecule has 0 fully saturated rings. The maximum absolute atomic E-state index is 13.8. The number of hydrogen-bond acceptors (Lipinski definition) is 6. The van der Waals surface area contributed by atoms with Crippen molar-refractivity contribution in [2.24, 2.45) is 0 Å². The molecule has 0 radical (unpaired) electrons. The van der Waals surface area contributed by atoms with Gasteiger partial charge in [-0.1, -0.05) is 17.7 Å². The van der Waals surface area contributed by atoms with Crippen molar-refractivity contribution in [1.82, 2.24) is 14.4 Å². The van der Waals surface area contributed by atoms with Crippen LogP contribution in [0.15, 0.2) is 53.5 Å². The SMILES string of the molecule is Cc1cc([C@@H](C)Nc2ccc(Cl)nc2C(=O)O)c2nc(N3Cc4cc(F)ccc4[C@H]3C)cc(=O)n2c1. The second kappa shape index (κ2) is 8.91. The second-order valence-corrected chi connectivity index (χ2v) is 9.35. The van der Waals surface area contributed by atoms with Crippen LogP contribution in [-0.2, 0) is 6.54 Å². The molecule has 10 heteroatoms. The Balaban J connectivity index is 1.58. The van der Waals surface area contributed by atoms with Gasteiger partial charge in [0.15, 0.2) is 5.69 Å². The molecule has 184 valence electrons. The molecule has 8 nitrogen and oxygen atoms in total. The number of nitrogens with one attached hydrogen (secondary N) is 1. The van der Waals surface area contributed by atoms with E-state index in [-0.39, 0.29) is 28.3 Å². The average Bonchev–Trinajstić information content (AvgIpc) is 3.15. The van der Waals surface area contributed by atoms with Gasteiger partial charge < -0.3 is 15.3 Å². The molecule has 0 saturated heterocycles. The topological polar surface area (TPSA) is 99.8 Å². The predicted octanol–water partition coefficient (Wildman–Crippen LogP) is 5.14. The number of halogens is 2. The summed E-state index contributed by atoms with van der Waals surface area (Å²) in [4.78, 5) is 35.6. The molecular formula is C26H23ClFN5O3.